The van der Waals surface area contributed by atoms with Gasteiger partial charge in [-0.15, -0.1) is 0 Å². The van der Waals surface area contributed by atoms with Crippen molar-refractivity contribution in [3.05, 3.63) is 65.5 Å². The Balaban J connectivity index is 1.78. The maximum Gasteiger partial charge on any atom is 0.0372 e. The SMILES string of the molecule is Cc1ccc([C@H]2CCCCN2Cc2ccccc2)cn1. The number of pyridine rings is 1. The third-order valence-corrected chi connectivity index (χ3v) is 4.16. The van der Waals surface area contributed by atoms with Crippen molar-refractivity contribution in [2.45, 2.75) is 38.8 Å². The van der Waals surface area contributed by atoms with Gasteiger partial charge in [-0.2, -0.15) is 0 Å². The normalized spacial score (nSPS) is 19.9. The summed E-state index contributed by atoms with van der Waals surface area (Å²) < 4.78 is 0. The molecule has 0 radical (unpaired) electrons. The lowest BCUT2D eigenvalue weighted by atomic mass is 9.95. The van der Waals surface area contributed by atoms with Crippen LogP contribution in [0.25, 0.3) is 0 Å². The van der Waals surface area contributed by atoms with Crippen molar-refractivity contribution in [1.82, 2.24) is 9.88 Å². The average molecular weight is 266 g/mol. The van der Waals surface area contributed by atoms with Crippen LogP contribution in [0.2, 0.25) is 0 Å². The van der Waals surface area contributed by atoms with Gasteiger partial charge in [-0.25, -0.2) is 0 Å². The fourth-order valence-corrected chi connectivity index (χ4v) is 3.05. The smallest absolute Gasteiger partial charge is 0.0372 e. The molecular weight excluding hydrogens is 244 g/mol. The van der Waals surface area contributed by atoms with Gasteiger partial charge in [0.25, 0.3) is 0 Å². The molecule has 1 aromatic heterocycles. The van der Waals surface area contributed by atoms with Crippen molar-refractivity contribution in [2.75, 3.05) is 6.54 Å². The summed E-state index contributed by atoms with van der Waals surface area (Å²) in [5.41, 5.74) is 3.87. The topological polar surface area (TPSA) is 16.1 Å². The lowest BCUT2D eigenvalue weighted by Crippen LogP contribution is -2.33. The van der Waals surface area contributed by atoms with Gasteiger partial charge < -0.3 is 0 Å². The van der Waals surface area contributed by atoms with Crippen LogP contribution in [-0.2, 0) is 6.54 Å². The summed E-state index contributed by atoms with van der Waals surface area (Å²) in [6, 6.07) is 15.7. The predicted octanol–water partition coefficient (Wildman–Crippen LogP) is 4.12. The molecule has 0 saturated carbocycles. The molecule has 2 aromatic rings. The number of benzene rings is 1. The van der Waals surface area contributed by atoms with E-state index in [1.54, 1.807) is 0 Å². The summed E-state index contributed by atoms with van der Waals surface area (Å²) in [4.78, 5) is 7.07. The van der Waals surface area contributed by atoms with Crippen molar-refractivity contribution < 1.29 is 0 Å². The van der Waals surface area contributed by atoms with Gasteiger partial charge in [0.2, 0.25) is 0 Å². The molecule has 104 valence electrons. The second-order valence-corrected chi connectivity index (χ2v) is 5.70. The molecule has 1 saturated heterocycles. The van der Waals surface area contributed by atoms with E-state index < -0.39 is 0 Å². The van der Waals surface area contributed by atoms with Crippen LogP contribution in [0, 0.1) is 6.92 Å². The number of hydrogen-bond acceptors (Lipinski definition) is 2. The van der Waals surface area contributed by atoms with Crippen LogP contribution in [-0.4, -0.2) is 16.4 Å². The Bertz CT molecular complexity index is 533. The molecule has 20 heavy (non-hydrogen) atoms. The molecular formula is C18H22N2. The van der Waals surface area contributed by atoms with Gasteiger partial charge in [0, 0.05) is 24.5 Å². The fourth-order valence-electron chi connectivity index (χ4n) is 3.05. The molecule has 0 spiro atoms. The molecule has 1 fully saturated rings. The predicted molar refractivity (Wildman–Crippen MR) is 82.4 cm³/mol. The lowest BCUT2D eigenvalue weighted by Gasteiger charge is -2.36. The summed E-state index contributed by atoms with van der Waals surface area (Å²) >= 11 is 0. The highest BCUT2D eigenvalue weighted by Crippen LogP contribution is 2.31. The van der Waals surface area contributed by atoms with E-state index in [9.17, 15) is 0 Å². The molecule has 1 aliphatic heterocycles. The summed E-state index contributed by atoms with van der Waals surface area (Å²) in [6.07, 6.45) is 5.94. The number of hydrogen-bond donors (Lipinski definition) is 0. The molecule has 2 heteroatoms. The van der Waals surface area contributed by atoms with Gasteiger partial charge in [0.15, 0.2) is 0 Å². The van der Waals surface area contributed by atoms with E-state index in [-0.39, 0.29) is 0 Å². The van der Waals surface area contributed by atoms with Crippen molar-refractivity contribution >= 4 is 0 Å². The average Bonchev–Trinajstić information content (AvgIpc) is 2.50. The zero-order chi connectivity index (χ0) is 13.8. The summed E-state index contributed by atoms with van der Waals surface area (Å²) in [6.45, 7) is 4.28. The Kier molecular flexibility index (Phi) is 4.12. The molecule has 0 aliphatic carbocycles. The van der Waals surface area contributed by atoms with E-state index in [1.807, 2.05) is 6.92 Å². The Labute approximate surface area is 121 Å². The van der Waals surface area contributed by atoms with Crippen molar-refractivity contribution in [3.63, 3.8) is 0 Å². The minimum absolute atomic E-state index is 0.525. The molecule has 0 unspecified atom stereocenters. The third-order valence-electron chi connectivity index (χ3n) is 4.16. The van der Waals surface area contributed by atoms with Crippen LogP contribution in [0.1, 0.15) is 42.1 Å². The molecule has 1 aromatic carbocycles. The second kappa shape index (κ2) is 6.19. The molecule has 2 nitrogen and oxygen atoms in total. The summed E-state index contributed by atoms with van der Waals surface area (Å²) in [5.74, 6) is 0. The van der Waals surface area contributed by atoms with Gasteiger partial charge in [-0.05, 0) is 43.5 Å². The van der Waals surface area contributed by atoms with Crippen LogP contribution in [0.3, 0.4) is 0 Å². The van der Waals surface area contributed by atoms with E-state index in [0.717, 1.165) is 12.2 Å². The second-order valence-electron chi connectivity index (χ2n) is 5.70. The monoisotopic (exact) mass is 266 g/mol. The number of piperidine rings is 1. The highest BCUT2D eigenvalue weighted by Gasteiger charge is 2.23. The molecule has 1 atom stereocenters. The minimum atomic E-state index is 0.525. The zero-order valence-corrected chi connectivity index (χ0v) is 12.1. The maximum atomic E-state index is 4.47. The van der Waals surface area contributed by atoms with Crippen LogP contribution in [0.15, 0.2) is 48.7 Å². The standard InChI is InChI=1S/C18H22N2/c1-15-10-11-17(13-19-15)18-9-5-6-12-20(18)14-16-7-3-2-4-8-16/h2-4,7-8,10-11,13,18H,5-6,9,12,14H2,1H3/t18-/m1/s1. The van der Waals surface area contributed by atoms with Crippen molar-refractivity contribution in [1.29, 1.82) is 0 Å². The molecule has 1 aliphatic rings. The first-order valence-corrected chi connectivity index (χ1v) is 7.53. The van der Waals surface area contributed by atoms with Crippen molar-refractivity contribution in [2.24, 2.45) is 0 Å². The van der Waals surface area contributed by atoms with Crippen molar-refractivity contribution in [3.8, 4) is 0 Å². The molecule has 0 amide bonds. The van der Waals surface area contributed by atoms with Crippen LogP contribution in [0.5, 0.6) is 0 Å². The highest BCUT2D eigenvalue weighted by atomic mass is 15.2. The number of aromatic nitrogens is 1. The maximum absolute atomic E-state index is 4.47. The molecule has 2 heterocycles. The largest absolute Gasteiger partial charge is 0.292 e. The number of likely N-dealkylation sites (tertiary alicyclic amines) is 1. The highest BCUT2D eigenvalue weighted by molar-refractivity contribution is 5.20. The Morgan fingerprint density at radius 1 is 1.10 bits per heavy atom. The Morgan fingerprint density at radius 3 is 2.70 bits per heavy atom. The number of rotatable bonds is 3. The lowest BCUT2D eigenvalue weighted by molar-refractivity contribution is 0.140. The third kappa shape index (κ3) is 3.07. The van der Waals surface area contributed by atoms with Gasteiger partial charge >= 0.3 is 0 Å². The number of nitrogens with zero attached hydrogens (tertiary/aromatic N) is 2. The minimum Gasteiger partial charge on any atom is -0.292 e. The van der Waals surface area contributed by atoms with E-state index in [4.69, 9.17) is 0 Å². The van der Waals surface area contributed by atoms with Gasteiger partial charge in [-0.1, -0.05) is 42.8 Å². The van der Waals surface area contributed by atoms with Gasteiger partial charge in [-0.3, -0.25) is 9.88 Å². The fraction of sp³-hybridized carbons (Fsp3) is 0.389. The zero-order valence-electron chi connectivity index (χ0n) is 12.1. The van der Waals surface area contributed by atoms with E-state index in [0.29, 0.717) is 6.04 Å². The first-order chi connectivity index (χ1) is 9.83. The van der Waals surface area contributed by atoms with E-state index in [1.165, 1.54) is 36.9 Å². The summed E-state index contributed by atoms with van der Waals surface area (Å²) in [7, 11) is 0. The molecule has 0 N–H and O–H groups in total. The quantitative estimate of drug-likeness (QED) is 0.831. The first kappa shape index (κ1) is 13.3. The van der Waals surface area contributed by atoms with Gasteiger partial charge in [0.1, 0.15) is 0 Å². The summed E-state index contributed by atoms with van der Waals surface area (Å²) in [5, 5.41) is 0. The number of aryl methyl sites for hydroxylation is 1. The Hall–Kier alpha value is -1.67. The van der Waals surface area contributed by atoms with Crippen LogP contribution >= 0.6 is 0 Å². The molecule has 0 bridgehead atoms. The van der Waals surface area contributed by atoms with E-state index >= 15 is 0 Å². The van der Waals surface area contributed by atoms with Crippen LogP contribution in [0.4, 0.5) is 0 Å². The molecule has 3 rings (SSSR count). The van der Waals surface area contributed by atoms with Gasteiger partial charge in [0.05, 0.1) is 0 Å². The first-order valence-electron chi connectivity index (χ1n) is 7.53. The van der Waals surface area contributed by atoms with Crippen LogP contribution < -0.4 is 0 Å². The Morgan fingerprint density at radius 2 is 1.95 bits per heavy atom. The van der Waals surface area contributed by atoms with E-state index in [2.05, 4.69) is 58.5 Å².